The number of rotatable bonds is 4. The van der Waals surface area contributed by atoms with Gasteiger partial charge in [0.1, 0.15) is 11.5 Å². The SMILES string of the molecule is CCc1ccc(CC(F)C(=O)O)o1. The van der Waals surface area contributed by atoms with E-state index in [2.05, 4.69) is 0 Å². The van der Waals surface area contributed by atoms with Gasteiger partial charge in [0.15, 0.2) is 0 Å². The summed E-state index contributed by atoms with van der Waals surface area (Å²) < 4.78 is 17.8. The maximum absolute atomic E-state index is 12.7. The lowest BCUT2D eigenvalue weighted by molar-refractivity contribution is -0.142. The zero-order valence-corrected chi connectivity index (χ0v) is 7.29. The van der Waals surface area contributed by atoms with E-state index in [4.69, 9.17) is 9.52 Å². The monoisotopic (exact) mass is 186 g/mol. The molecule has 0 aliphatic rings. The molecule has 0 fully saturated rings. The minimum absolute atomic E-state index is 0.199. The third-order valence-electron chi connectivity index (χ3n) is 1.71. The smallest absolute Gasteiger partial charge is 0.338 e. The van der Waals surface area contributed by atoms with E-state index in [9.17, 15) is 9.18 Å². The number of carbonyl (C=O) groups is 1. The van der Waals surface area contributed by atoms with E-state index in [0.717, 1.165) is 12.2 Å². The third-order valence-corrected chi connectivity index (χ3v) is 1.71. The number of carboxylic acids is 1. The van der Waals surface area contributed by atoms with Crippen molar-refractivity contribution in [3.8, 4) is 0 Å². The van der Waals surface area contributed by atoms with Crippen molar-refractivity contribution in [2.45, 2.75) is 25.9 Å². The van der Waals surface area contributed by atoms with Gasteiger partial charge in [-0.15, -0.1) is 0 Å². The molecule has 72 valence electrons. The van der Waals surface area contributed by atoms with Crippen LogP contribution in [0.15, 0.2) is 16.5 Å². The summed E-state index contributed by atoms with van der Waals surface area (Å²) in [6.07, 6.45) is -1.35. The van der Waals surface area contributed by atoms with E-state index < -0.39 is 12.1 Å². The highest BCUT2D eigenvalue weighted by atomic mass is 19.1. The molecule has 1 atom stereocenters. The molecule has 0 aliphatic heterocycles. The van der Waals surface area contributed by atoms with Crippen LogP contribution in [-0.2, 0) is 17.6 Å². The van der Waals surface area contributed by atoms with Gasteiger partial charge in [-0.05, 0) is 12.1 Å². The predicted molar refractivity (Wildman–Crippen MR) is 44.3 cm³/mol. The van der Waals surface area contributed by atoms with Crippen molar-refractivity contribution < 1.29 is 18.7 Å². The Balaban J connectivity index is 2.58. The van der Waals surface area contributed by atoms with Gasteiger partial charge in [-0.25, -0.2) is 9.18 Å². The highest BCUT2D eigenvalue weighted by Gasteiger charge is 2.17. The van der Waals surface area contributed by atoms with Crippen LogP contribution in [0.4, 0.5) is 4.39 Å². The lowest BCUT2D eigenvalue weighted by Crippen LogP contribution is -2.16. The van der Waals surface area contributed by atoms with Crippen LogP contribution in [0.1, 0.15) is 18.4 Å². The highest BCUT2D eigenvalue weighted by Crippen LogP contribution is 2.11. The molecule has 0 saturated carbocycles. The first-order valence-corrected chi connectivity index (χ1v) is 4.08. The van der Waals surface area contributed by atoms with Crippen LogP contribution in [0.5, 0.6) is 0 Å². The molecule has 0 bridgehead atoms. The summed E-state index contributed by atoms with van der Waals surface area (Å²) in [6.45, 7) is 1.91. The fourth-order valence-corrected chi connectivity index (χ4v) is 0.986. The molecule has 1 N–H and O–H groups in total. The number of carboxylic acid groups (broad SMARTS) is 1. The summed E-state index contributed by atoms with van der Waals surface area (Å²) in [4.78, 5) is 10.2. The van der Waals surface area contributed by atoms with Crippen LogP contribution in [-0.4, -0.2) is 17.2 Å². The molecule has 0 amide bonds. The lowest BCUT2D eigenvalue weighted by atomic mass is 10.2. The summed E-state index contributed by atoms with van der Waals surface area (Å²) in [6, 6.07) is 3.33. The fourth-order valence-electron chi connectivity index (χ4n) is 0.986. The quantitative estimate of drug-likeness (QED) is 0.780. The number of aliphatic carboxylic acids is 1. The van der Waals surface area contributed by atoms with E-state index in [0.29, 0.717) is 5.76 Å². The average Bonchev–Trinajstić information content (AvgIpc) is 2.52. The molecule has 0 aliphatic carbocycles. The Morgan fingerprint density at radius 1 is 1.62 bits per heavy atom. The number of halogens is 1. The predicted octanol–water partition coefficient (Wildman–Crippen LogP) is 1.81. The van der Waals surface area contributed by atoms with Crippen LogP contribution < -0.4 is 0 Å². The Kier molecular flexibility index (Phi) is 3.06. The van der Waals surface area contributed by atoms with Crippen molar-refractivity contribution in [1.29, 1.82) is 0 Å². The first-order valence-electron chi connectivity index (χ1n) is 4.08. The lowest BCUT2D eigenvalue weighted by Gasteiger charge is -1.98. The van der Waals surface area contributed by atoms with Gasteiger partial charge in [0.25, 0.3) is 0 Å². The standard InChI is InChI=1S/C9H11FO3/c1-2-6-3-4-7(13-6)5-8(10)9(11)12/h3-4,8H,2,5H2,1H3,(H,11,12). The van der Waals surface area contributed by atoms with Gasteiger partial charge in [-0.3, -0.25) is 0 Å². The zero-order valence-electron chi connectivity index (χ0n) is 7.29. The van der Waals surface area contributed by atoms with Gasteiger partial charge in [-0.1, -0.05) is 6.92 Å². The normalized spacial score (nSPS) is 12.8. The molecular weight excluding hydrogens is 175 g/mol. The second-order valence-corrected chi connectivity index (χ2v) is 2.73. The molecule has 3 nitrogen and oxygen atoms in total. The molecule has 0 aromatic carbocycles. The summed E-state index contributed by atoms with van der Waals surface area (Å²) in [5.74, 6) is -0.325. The van der Waals surface area contributed by atoms with E-state index in [-0.39, 0.29) is 6.42 Å². The maximum atomic E-state index is 12.7. The molecule has 0 spiro atoms. The molecular formula is C9H11FO3. The van der Waals surface area contributed by atoms with Crippen molar-refractivity contribution in [2.75, 3.05) is 0 Å². The van der Waals surface area contributed by atoms with Crippen molar-refractivity contribution in [1.82, 2.24) is 0 Å². The highest BCUT2D eigenvalue weighted by molar-refractivity contribution is 5.72. The Morgan fingerprint density at radius 3 is 2.69 bits per heavy atom. The molecule has 1 heterocycles. The maximum Gasteiger partial charge on any atom is 0.338 e. The second-order valence-electron chi connectivity index (χ2n) is 2.73. The van der Waals surface area contributed by atoms with Crippen LogP contribution in [0, 0.1) is 0 Å². The second kappa shape index (κ2) is 4.07. The first kappa shape index (κ1) is 9.77. The Hall–Kier alpha value is -1.32. The van der Waals surface area contributed by atoms with Crippen LogP contribution >= 0.6 is 0 Å². The molecule has 1 aromatic heterocycles. The Morgan fingerprint density at radius 2 is 2.23 bits per heavy atom. The fraction of sp³-hybridized carbons (Fsp3) is 0.444. The van der Waals surface area contributed by atoms with Crippen molar-refractivity contribution in [3.05, 3.63) is 23.7 Å². The molecule has 1 rings (SSSR count). The largest absolute Gasteiger partial charge is 0.479 e. The van der Waals surface area contributed by atoms with E-state index >= 15 is 0 Å². The number of aryl methyl sites for hydroxylation is 1. The topological polar surface area (TPSA) is 50.4 Å². The summed E-state index contributed by atoms with van der Waals surface area (Å²) in [7, 11) is 0. The third kappa shape index (κ3) is 2.57. The molecule has 13 heavy (non-hydrogen) atoms. The van der Waals surface area contributed by atoms with Gasteiger partial charge in [0, 0.05) is 12.8 Å². The number of hydrogen-bond donors (Lipinski definition) is 1. The number of hydrogen-bond acceptors (Lipinski definition) is 2. The van der Waals surface area contributed by atoms with E-state index in [1.54, 1.807) is 12.1 Å². The molecule has 1 unspecified atom stereocenters. The zero-order chi connectivity index (χ0) is 9.84. The van der Waals surface area contributed by atoms with Crippen molar-refractivity contribution >= 4 is 5.97 Å². The first-order chi connectivity index (χ1) is 6.13. The van der Waals surface area contributed by atoms with Gasteiger partial charge in [0.2, 0.25) is 6.17 Å². The van der Waals surface area contributed by atoms with Crippen LogP contribution in [0.3, 0.4) is 0 Å². The number of furan rings is 1. The minimum atomic E-state index is -1.88. The summed E-state index contributed by atoms with van der Waals surface area (Å²) in [5, 5.41) is 8.29. The minimum Gasteiger partial charge on any atom is -0.479 e. The van der Waals surface area contributed by atoms with Gasteiger partial charge in [-0.2, -0.15) is 0 Å². The summed E-state index contributed by atoms with van der Waals surface area (Å²) >= 11 is 0. The Labute approximate surface area is 75.2 Å². The number of alkyl halides is 1. The average molecular weight is 186 g/mol. The van der Waals surface area contributed by atoms with Crippen LogP contribution in [0.25, 0.3) is 0 Å². The van der Waals surface area contributed by atoms with E-state index in [1.807, 2.05) is 6.92 Å². The van der Waals surface area contributed by atoms with Gasteiger partial charge in [0.05, 0.1) is 0 Å². The van der Waals surface area contributed by atoms with Gasteiger partial charge < -0.3 is 9.52 Å². The molecule has 0 saturated heterocycles. The molecule has 0 radical (unpaired) electrons. The summed E-state index contributed by atoms with van der Waals surface area (Å²) in [5.41, 5.74) is 0. The van der Waals surface area contributed by atoms with E-state index in [1.165, 1.54) is 0 Å². The molecule has 4 heteroatoms. The van der Waals surface area contributed by atoms with Crippen LogP contribution in [0.2, 0.25) is 0 Å². The van der Waals surface area contributed by atoms with Crippen molar-refractivity contribution in [2.24, 2.45) is 0 Å². The van der Waals surface area contributed by atoms with Crippen molar-refractivity contribution in [3.63, 3.8) is 0 Å². The molecule has 1 aromatic rings. The van der Waals surface area contributed by atoms with Gasteiger partial charge >= 0.3 is 5.97 Å². The Bertz CT molecular complexity index is 293.